The molecule has 0 saturated carbocycles. The van der Waals surface area contributed by atoms with Gasteiger partial charge in [-0.1, -0.05) is 31.2 Å². The van der Waals surface area contributed by atoms with E-state index in [4.69, 9.17) is 4.74 Å². The summed E-state index contributed by atoms with van der Waals surface area (Å²) in [6.07, 6.45) is 4.36. The van der Waals surface area contributed by atoms with Crippen LogP contribution in [-0.2, 0) is 0 Å². The van der Waals surface area contributed by atoms with Gasteiger partial charge in [0.15, 0.2) is 0 Å². The molecule has 4 nitrogen and oxygen atoms in total. The smallest absolute Gasteiger partial charge is 0.256 e. The summed E-state index contributed by atoms with van der Waals surface area (Å²) < 4.78 is 7.18. The Balaban J connectivity index is 1.78. The lowest BCUT2D eigenvalue weighted by Gasteiger charge is -2.04. The number of aryl methyl sites for hydroxylation is 1. The van der Waals surface area contributed by atoms with E-state index < -0.39 is 0 Å². The van der Waals surface area contributed by atoms with Crippen LogP contribution in [0.1, 0.15) is 29.5 Å². The molecule has 122 valence electrons. The zero-order valence-electron chi connectivity index (χ0n) is 13.9. The van der Waals surface area contributed by atoms with Gasteiger partial charge in [-0.25, -0.2) is 4.98 Å². The zero-order chi connectivity index (χ0) is 16.9. The number of carbonyl (C=O) groups is 1. The minimum Gasteiger partial charge on any atom is -0.494 e. The lowest BCUT2D eigenvalue weighted by molar-refractivity contribution is 0.0972. The molecule has 1 aromatic heterocycles. The van der Waals surface area contributed by atoms with Crippen LogP contribution in [0.4, 0.5) is 0 Å². The van der Waals surface area contributed by atoms with Crippen molar-refractivity contribution in [1.29, 1.82) is 0 Å². The number of aromatic nitrogens is 2. The van der Waals surface area contributed by atoms with Gasteiger partial charge in [-0.2, -0.15) is 0 Å². The number of allylic oxidation sites excluding steroid dienone is 1. The average Bonchev–Trinajstić information content (AvgIpc) is 2.94. The number of hydrogen-bond acceptors (Lipinski definition) is 3. The van der Waals surface area contributed by atoms with Gasteiger partial charge in [-0.3, -0.25) is 9.36 Å². The molecule has 0 N–H and O–H groups in total. The number of nitrogens with zero attached hydrogens (tertiary/aromatic N) is 2. The summed E-state index contributed by atoms with van der Waals surface area (Å²) in [4.78, 5) is 17.0. The Labute approximate surface area is 141 Å². The summed E-state index contributed by atoms with van der Waals surface area (Å²) in [6.45, 7) is 4.62. The monoisotopic (exact) mass is 320 g/mol. The fraction of sp³-hybridized carbons (Fsp3) is 0.200. The minimum atomic E-state index is -0.104. The molecule has 1 heterocycles. The van der Waals surface area contributed by atoms with Gasteiger partial charge in [0.05, 0.1) is 17.6 Å². The molecule has 0 unspecified atom stereocenters. The molecule has 4 heteroatoms. The standard InChI is InChI=1S/C20H20N2O2/c1-3-14-24-17-11-8-16(9-12-17)10-13-20(23)22-15(2)21-18-6-4-5-7-19(18)22/h4-13H,3,14H2,1-2H3/b13-10+. The number of fused-ring (bicyclic) bond motifs is 1. The maximum atomic E-state index is 12.5. The van der Waals surface area contributed by atoms with Gasteiger partial charge in [-0.15, -0.1) is 0 Å². The lowest BCUT2D eigenvalue weighted by Crippen LogP contribution is -2.08. The maximum Gasteiger partial charge on any atom is 0.256 e. The molecular weight excluding hydrogens is 300 g/mol. The molecule has 3 aromatic rings. The van der Waals surface area contributed by atoms with Crippen LogP contribution in [-0.4, -0.2) is 22.1 Å². The highest BCUT2D eigenvalue weighted by Crippen LogP contribution is 2.17. The first-order valence-corrected chi connectivity index (χ1v) is 8.08. The van der Waals surface area contributed by atoms with Crippen molar-refractivity contribution in [3.8, 4) is 5.75 Å². The van der Waals surface area contributed by atoms with Crippen LogP contribution in [0, 0.1) is 6.92 Å². The second-order valence-electron chi connectivity index (χ2n) is 5.57. The number of ether oxygens (including phenoxy) is 1. The fourth-order valence-electron chi connectivity index (χ4n) is 2.56. The highest BCUT2D eigenvalue weighted by Gasteiger charge is 2.11. The second-order valence-corrected chi connectivity index (χ2v) is 5.57. The first kappa shape index (κ1) is 16.0. The third-order valence-electron chi connectivity index (χ3n) is 3.72. The maximum absolute atomic E-state index is 12.5. The van der Waals surface area contributed by atoms with Crippen LogP contribution < -0.4 is 4.74 Å². The Hall–Kier alpha value is -2.88. The van der Waals surface area contributed by atoms with Crippen molar-refractivity contribution in [3.05, 3.63) is 66.0 Å². The zero-order valence-corrected chi connectivity index (χ0v) is 13.9. The van der Waals surface area contributed by atoms with Gasteiger partial charge in [0.1, 0.15) is 11.6 Å². The number of carbonyl (C=O) groups excluding carboxylic acids is 1. The molecule has 0 aliphatic heterocycles. The molecule has 0 atom stereocenters. The molecule has 0 radical (unpaired) electrons. The molecule has 0 aliphatic carbocycles. The number of benzene rings is 2. The number of rotatable bonds is 5. The first-order valence-electron chi connectivity index (χ1n) is 8.08. The van der Waals surface area contributed by atoms with E-state index >= 15 is 0 Å². The summed E-state index contributed by atoms with van der Waals surface area (Å²) in [5, 5.41) is 0. The van der Waals surface area contributed by atoms with Crippen LogP contribution in [0.2, 0.25) is 0 Å². The predicted octanol–water partition coefficient (Wildman–Crippen LogP) is 4.49. The topological polar surface area (TPSA) is 44.1 Å². The van der Waals surface area contributed by atoms with Crippen molar-refractivity contribution in [2.45, 2.75) is 20.3 Å². The quantitative estimate of drug-likeness (QED) is 0.651. The molecule has 24 heavy (non-hydrogen) atoms. The fourth-order valence-corrected chi connectivity index (χ4v) is 2.56. The van der Waals surface area contributed by atoms with Crippen molar-refractivity contribution in [2.24, 2.45) is 0 Å². The number of hydrogen-bond donors (Lipinski definition) is 0. The van der Waals surface area contributed by atoms with E-state index in [2.05, 4.69) is 11.9 Å². The lowest BCUT2D eigenvalue weighted by atomic mass is 10.2. The van der Waals surface area contributed by atoms with Crippen molar-refractivity contribution in [2.75, 3.05) is 6.61 Å². The van der Waals surface area contributed by atoms with Gasteiger partial charge in [0.25, 0.3) is 5.91 Å². The largest absolute Gasteiger partial charge is 0.494 e. The summed E-state index contributed by atoms with van der Waals surface area (Å²) in [7, 11) is 0. The summed E-state index contributed by atoms with van der Waals surface area (Å²) >= 11 is 0. The van der Waals surface area contributed by atoms with Crippen molar-refractivity contribution in [3.63, 3.8) is 0 Å². The van der Waals surface area contributed by atoms with Gasteiger partial charge in [0, 0.05) is 6.08 Å². The molecule has 0 aliphatic rings. The number of para-hydroxylation sites is 2. The van der Waals surface area contributed by atoms with Crippen molar-refractivity contribution >= 4 is 23.0 Å². The van der Waals surface area contributed by atoms with Crippen molar-refractivity contribution < 1.29 is 9.53 Å². The Morgan fingerprint density at radius 3 is 2.67 bits per heavy atom. The number of imidazole rings is 1. The van der Waals surface area contributed by atoms with Gasteiger partial charge in [0.2, 0.25) is 0 Å². The highest BCUT2D eigenvalue weighted by atomic mass is 16.5. The summed E-state index contributed by atoms with van der Waals surface area (Å²) in [5.41, 5.74) is 2.61. The third kappa shape index (κ3) is 3.38. The normalized spacial score (nSPS) is 11.2. The Bertz CT molecular complexity index is 876. The predicted molar refractivity (Wildman–Crippen MR) is 96.4 cm³/mol. The second kappa shape index (κ2) is 7.13. The van der Waals surface area contributed by atoms with Crippen LogP contribution in [0.15, 0.2) is 54.6 Å². The van der Waals surface area contributed by atoms with Crippen LogP contribution in [0.25, 0.3) is 17.1 Å². The Kier molecular flexibility index (Phi) is 4.75. The SMILES string of the molecule is CCCOc1ccc(/C=C/C(=O)n2c(C)nc3ccccc32)cc1. The van der Waals surface area contributed by atoms with E-state index in [0.717, 1.165) is 28.8 Å². The van der Waals surface area contributed by atoms with Crippen LogP contribution in [0.3, 0.4) is 0 Å². The van der Waals surface area contributed by atoms with E-state index in [1.165, 1.54) is 0 Å². The van der Waals surface area contributed by atoms with Crippen LogP contribution >= 0.6 is 0 Å². The Morgan fingerprint density at radius 2 is 1.92 bits per heavy atom. The highest BCUT2D eigenvalue weighted by molar-refractivity contribution is 5.99. The van der Waals surface area contributed by atoms with E-state index in [-0.39, 0.29) is 5.91 Å². The molecule has 2 aromatic carbocycles. The molecular formula is C20H20N2O2. The minimum absolute atomic E-state index is 0.104. The Morgan fingerprint density at radius 1 is 1.17 bits per heavy atom. The third-order valence-corrected chi connectivity index (χ3v) is 3.72. The van der Waals surface area contributed by atoms with Gasteiger partial charge in [-0.05, 0) is 49.2 Å². The molecule has 0 saturated heterocycles. The molecule has 3 rings (SSSR count). The van der Waals surface area contributed by atoms with E-state index in [0.29, 0.717) is 12.4 Å². The van der Waals surface area contributed by atoms with Gasteiger partial charge < -0.3 is 4.74 Å². The summed E-state index contributed by atoms with van der Waals surface area (Å²) in [6, 6.07) is 15.3. The molecule has 0 spiro atoms. The first-order chi connectivity index (χ1) is 11.7. The van der Waals surface area contributed by atoms with Gasteiger partial charge >= 0.3 is 0 Å². The molecule has 0 amide bonds. The van der Waals surface area contributed by atoms with Crippen LogP contribution in [0.5, 0.6) is 5.75 Å². The molecule has 0 fully saturated rings. The van der Waals surface area contributed by atoms with Crippen molar-refractivity contribution in [1.82, 2.24) is 9.55 Å². The van der Waals surface area contributed by atoms with E-state index in [9.17, 15) is 4.79 Å². The van der Waals surface area contributed by atoms with E-state index in [1.807, 2.05) is 55.5 Å². The van der Waals surface area contributed by atoms with E-state index in [1.54, 1.807) is 16.7 Å². The summed E-state index contributed by atoms with van der Waals surface area (Å²) in [5.74, 6) is 1.43. The average molecular weight is 320 g/mol. The molecule has 0 bridgehead atoms.